The number of benzene rings is 1. The molecular weight excluding hydrogens is 199 g/mol. The third kappa shape index (κ3) is 1.51. The fourth-order valence-corrected chi connectivity index (χ4v) is 2.08. The van der Waals surface area contributed by atoms with E-state index in [0.717, 1.165) is 5.02 Å². The Labute approximate surface area is 80.2 Å². The summed E-state index contributed by atoms with van der Waals surface area (Å²) >= 11 is 7.59. The van der Waals surface area contributed by atoms with E-state index in [1.165, 1.54) is 10.1 Å². The van der Waals surface area contributed by atoms with Gasteiger partial charge in [-0.1, -0.05) is 23.7 Å². The molecule has 2 rings (SSSR count). The predicted octanol–water partition coefficient (Wildman–Crippen LogP) is 3.98. The minimum atomic E-state index is 0. The Kier molecular flexibility index (Phi) is 2.77. The standard InChI is InChI=1S/C8H5ClS.ClH/c9-7-3-1-2-6-4-5-10-8(6)7;/h1-5H;1H. The Bertz CT molecular complexity index is 354. The zero-order valence-electron chi connectivity index (χ0n) is 5.58. The molecule has 0 radical (unpaired) electrons. The lowest BCUT2D eigenvalue weighted by Gasteiger charge is -1.89. The van der Waals surface area contributed by atoms with Crippen LogP contribution in [0.4, 0.5) is 0 Å². The molecule has 0 aliphatic rings. The number of halogens is 2. The molecule has 0 N–H and O–H groups in total. The second-order valence-electron chi connectivity index (χ2n) is 2.08. The van der Waals surface area contributed by atoms with Crippen molar-refractivity contribution < 1.29 is 0 Å². The summed E-state index contributed by atoms with van der Waals surface area (Å²) in [5.74, 6) is 0. The molecule has 3 heteroatoms. The maximum Gasteiger partial charge on any atom is 0.0584 e. The van der Waals surface area contributed by atoms with Crippen LogP contribution in [0, 0.1) is 0 Å². The minimum absolute atomic E-state index is 0. The molecule has 0 nitrogen and oxygen atoms in total. The van der Waals surface area contributed by atoms with Crippen molar-refractivity contribution >= 4 is 45.4 Å². The summed E-state index contributed by atoms with van der Waals surface area (Å²) < 4.78 is 1.18. The number of fused-ring (bicyclic) bond motifs is 1. The fraction of sp³-hybridized carbons (Fsp3) is 0. The predicted molar refractivity (Wildman–Crippen MR) is 54.1 cm³/mol. The molecule has 0 unspecified atom stereocenters. The molecule has 0 spiro atoms. The highest BCUT2D eigenvalue weighted by molar-refractivity contribution is 7.17. The quantitative estimate of drug-likeness (QED) is 0.610. The Morgan fingerprint density at radius 3 is 2.73 bits per heavy atom. The van der Waals surface area contributed by atoms with Gasteiger partial charge in [0.15, 0.2) is 0 Å². The van der Waals surface area contributed by atoms with Gasteiger partial charge in [-0.15, -0.1) is 23.7 Å². The van der Waals surface area contributed by atoms with Gasteiger partial charge in [-0.2, -0.15) is 0 Å². The largest absolute Gasteiger partial charge is 0.147 e. The molecule has 0 saturated heterocycles. The van der Waals surface area contributed by atoms with Crippen LogP contribution in [-0.2, 0) is 0 Å². The van der Waals surface area contributed by atoms with E-state index in [9.17, 15) is 0 Å². The highest BCUT2D eigenvalue weighted by Crippen LogP contribution is 2.27. The SMILES string of the molecule is Cl.Clc1cccc2ccsc12. The first-order chi connectivity index (χ1) is 4.88. The van der Waals surface area contributed by atoms with E-state index in [2.05, 4.69) is 17.5 Å². The van der Waals surface area contributed by atoms with E-state index in [1.54, 1.807) is 11.3 Å². The lowest BCUT2D eigenvalue weighted by Crippen LogP contribution is -1.62. The average Bonchev–Trinajstić information content (AvgIpc) is 2.36. The molecule has 0 fully saturated rings. The van der Waals surface area contributed by atoms with Gasteiger partial charge in [-0.25, -0.2) is 0 Å². The lowest BCUT2D eigenvalue weighted by molar-refractivity contribution is 1.85. The molecule has 0 aliphatic heterocycles. The zero-order valence-corrected chi connectivity index (χ0v) is 7.97. The van der Waals surface area contributed by atoms with Crippen molar-refractivity contribution in [2.75, 3.05) is 0 Å². The second-order valence-corrected chi connectivity index (χ2v) is 3.40. The summed E-state index contributed by atoms with van der Waals surface area (Å²) in [7, 11) is 0. The maximum atomic E-state index is 5.91. The monoisotopic (exact) mass is 204 g/mol. The van der Waals surface area contributed by atoms with E-state index in [0.29, 0.717) is 0 Å². The number of thiophene rings is 1. The summed E-state index contributed by atoms with van der Waals surface area (Å²) in [6.07, 6.45) is 0. The third-order valence-corrected chi connectivity index (χ3v) is 2.82. The number of rotatable bonds is 0. The van der Waals surface area contributed by atoms with Gasteiger partial charge in [0.05, 0.1) is 9.72 Å². The van der Waals surface area contributed by atoms with Gasteiger partial charge in [-0.3, -0.25) is 0 Å². The molecule has 0 atom stereocenters. The van der Waals surface area contributed by atoms with Crippen LogP contribution in [-0.4, -0.2) is 0 Å². The van der Waals surface area contributed by atoms with E-state index in [1.807, 2.05) is 12.1 Å². The molecular formula is C8H6Cl2S. The van der Waals surface area contributed by atoms with Crippen LogP contribution < -0.4 is 0 Å². The van der Waals surface area contributed by atoms with Crippen molar-refractivity contribution in [3.05, 3.63) is 34.7 Å². The molecule has 1 aromatic heterocycles. The number of hydrogen-bond donors (Lipinski definition) is 0. The third-order valence-electron chi connectivity index (χ3n) is 1.43. The van der Waals surface area contributed by atoms with Gasteiger partial charge in [0.2, 0.25) is 0 Å². The molecule has 0 saturated carbocycles. The van der Waals surface area contributed by atoms with Gasteiger partial charge in [-0.05, 0) is 22.9 Å². The van der Waals surface area contributed by atoms with E-state index in [4.69, 9.17) is 11.6 Å². The van der Waals surface area contributed by atoms with Gasteiger partial charge >= 0.3 is 0 Å². The van der Waals surface area contributed by atoms with Gasteiger partial charge in [0.25, 0.3) is 0 Å². The molecule has 0 amide bonds. The molecule has 0 bridgehead atoms. The van der Waals surface area contributed by atoms with E-state index >= 15 is 0 Å². The van der Waals surface area contributed by atoms with Crippen LogP contribution in [0.3, 0.4) is 0 Å². The fourth-order valence-electron chi connectivity index (χ4n) is 0.956. The van der Waals surface area contributed by atoms with Crippen molar-refractivity contribution in [1.29, 1.82) is 0 Å². The first-order valence-corrected chi connectivity index (χ1v) is 4.25. The van der Waals surface area contributed by atoms with Crippen LogP contribution in [0.15, 0.2) is 29.6 Å². The van der Waals surface area contributed by atoms with Crippen molar-refractivity contribution in [1.82, 2.24) is 0 Å². The van der Waals surface area contributed by atoms with Crippen LogP contribution in [0.5, 0.6) is 0 Å². The minimum Gasteiger partial charge on any atom is -0.147 e. The molecule has 2 aromatic rings. The lowest BCUT2D eigenvalue weighted by atomic mass is 10.3. The summed E-state index contributed by atoms with van der Waals surface area (Å²) in [5, 5.41) is 4.14. The Hall–Kier alpha value is -0.240. The first kappa shape index (κ1) is 8.85. The molecule has 11 heavy (non-hydrogen) atoms. The summed E-state index contributed by atoms with van der Waals surface area (Å²) in [4.78, 5) is 0. The normalized spacial score (nSPS) is 9.55. The summed E-state index contributed by atoms with van der Waals surface area (Å²) in [6.45, 7) is 0. The smallest absolute Gasteiger partial charge is 0.0584 e. The van der Waals surface area contributed by atoms with Crippen LogP contribution in [0.1, 0.15) is 0 Å². The van der Waals surface area contributed by atoms with Crippen molar-refractivity contribution in [3.63, 3.8) is 0 Å². The van der Waals surface area contributed by atoms with Gasteiger partial charge in [0.1, 0.15) is 0 Å². The van der Waals surface area contributed by atoms with Gasteiger partial charge in [0, 0.05) is 0 Å². The average molecular weight is 205 g/mol. The topological polar surface area (TPSA) is 0 Å². The van der Waals surface area contributed by atoms with Gasteiger partial charge < -0.3 is 0 Å². The highest BCUT2D eigenvalue weighted by Gasteiger charge is 1.96. The summed E-state index contributed by atoms with van der Waals surface area (Å²) in [5.41, 5.74) is 0. The molecule has 0 aliphatic carbocycles. The maximum absolute atomic E-state index is 5.91. The Morgan fingerprint density at radius 2 is 2.00 bits per heavy atom. The Morgan fingerprint density at radius 1 is 1.18 bits per heavy atom. The van der Waals surface area contributed by atoms with Crippen molar-refractivity contribution in [2.45, 2.75) is 0 Å². The van der Waals surface area contributed by atoms with Crippen molar-refractivity contribution in [3.8, 4) is 0 Å². The second kappa shape index (κ2) is 3.44. The molecule has 1 aromatic carbocycles. The molecule has 1 heterocycles. The molecule has 58 valence electrons. The van der Waals surface area contributed by atoms with Crippen molar-refractivity contribution in [2.24, 2.45) is 0 Å². The van der Waals surface area contributed by atoms with E-state index < -0.39 is 0 Å². The first-order valence-electron chi connectivity index (χ1n) is 2.99. The number of hydrogen-bond acceptors (Lipinski definition) is 1. The van der Waals surface area contributed by atoms with Crippen LogP contribution in [0.25, 0.3) is 10.1 Å². The zero-order chi connectivity index (χ0) is 6.97. The summed E-state index contributed by atoms with van der Waals surface area (Å²) in [6, 6.07) is 8.03. The van der Waals surface area contributed by atoms with Crippen LogP contribution in [0.2, 0.25) is 5.02 Å². The van der Waals surface area contributed by atoms with E-state index in [-0.39, 0.29) is 12.4 Å². The Balaban J connectivity index is 0.000000605. The van der Waals surface area contributed by atoms with Crippen LogP contribution >= 0.6 is 35.3 Å². The highest BCUT2D eigenvalue weighted by atomic mass is 35.5.